The molecule has 0 aromatic heterocycles. The number of hydrazine groups is 1. The zero-order chi connectivity index (χ0) is 16.9. The van der Waals surface area contributed by atoms with Crippen molar-refractivity contribution >= 4 is 11.9 Å². The summed E-state index contributed by atoms with van der Waals surface area (Å²) in [5, 5.41) is 1.85. The van der Waals surface area contributed by atoms with Crippen molar-refractivity contribution in [1.82, 2.24) is 10.4 Å². The van der Waals surface area contributed by atoms with Gasteiger partial charge in [0.25, 0.3) is 0 Å². The van der Waals surface area contributed by atoms with E-state index in [0.29, 0.717) is 24.3 Å². The van der Waals surface area contributed by atoms with Crippen LogP contribution in [0.25, 0.3) is 0 Å². The normalized spacial score (nSPS) is 13.9. The van der Waals surface area contributed by atoms with Crippen molar-refractivity contribution in [2.75, 3.05) is 6.54 Å². The fraction of sp³-hybridized carbons (Fsp3) is 0.263. The number of hydrogen-bond donors (Lipinski definition) is 1. The molecule has 3 rings (SSSR count). The molecule has 0 aliphatic carbocycles. The van der Waals surface area contributed by atoms with Gasteiger partial charge in [-0.2, -0.15) is 0 Å². The molecule has 5 nitrogen and oxygen atoms in total. The average Bonchev–Trinajstić information content (AvgIpc) is 2.61. The van der Waals surface area contributed by atoms with E-state index in [1.165, 1.54) is 11.1 Å². The molecule has 0 spiro atoms. The summed E-state index contributed by atoms with van der Waals surface area (Å²) in [6.45, 7) is 3.22. The minimum absolute atomic E-state index is 0.0676. The van der Waals surface area contributed by atoms with E-state index in [-0.39, 0.29) is 5.78 Å². The van der Waals surface area contributed by atoms with Gasteiger partial charge in [0, 0.05) is 25.1 Å². The summed E-state index contributed by atoms with van der Waals surface area (Å²) in [6, 6.07) is 14.8. The van der Waals surface area contributed by atoms with Crippen LogP contribution in [0.15, 0.2) is 48.5 Å². The highest BCUT2D eigenvalue weighted by molar-refractivity contribution is 5.95. The first kappa shape index (κ1) is 16.2. The second-order valence-electron chi connectivity index (χ2n) is 5.74. The highest BCUT2D eigenvalue weighted by Crippen LogP contribution is 2.17. The van der Waals surface area contributed by atoms with Crippen LogP contribution in [-0.2, 0) is 13.0 Å². The van der Waals surface area contributed by atoms with Crippen molar-refractivity contribution in [3.63, 3.8) is 0 Å². The van der Waals surface area contributed by atoms with Crippen LogP contribution >= 0.6 is 0 Å². The number of fused-ring (bicyclic) bond motifs is 1. The Morgan fingerprint density at radius 2 is 1.79 bits per heavy atom. The van der Waals surface area contributed by atoms with Crippen LogP contribution in [0.4, 0.5) is 4.79 Å². The molecule has 1 heterocycles. The van der Waals surface area contributed by atoms with Crippen LogP contribution in [0.3, 0.4) is 0 Å². The molecule has 124 valence electrons. The van der Waals surface area contributed by atoms with Crippen molar-refractivity contribution in [3.8, 4) is 5.75 Å². The highest BCUT2D eigenvalue weighted by atomic mass is 16.6. The standard InChI is InChI=1S/C19H20N2O3/c1-2-18(22)15-7-9-17(10-8-15)24-19(23)20-21-12-11-14-5-3-4-6-16(14)13-21/h3-10H,2,11-13H2,1H3,(H,20,23). The van der Waals surface area contributed by atoms with E-state index in [9.17, 15) is 9.59 Å². The topological polar surface area (TPSA) is 58.6 Å². The van der Waals surface area contributed by atoms with Gasteiger partial charge >= 0.3 is 6.09 Å². The Kier molecular flexibility index (Phi) is 4.91. The van der Waals surface area contributed by atoms with Gasteiger partial charge < -0.3 is 4.74 Å². The summed E-state index contributed by atoms with van der Waals surface area (Å²) in [7, 11) is 0. The van der Waals surface area contributed by atoms with Gasteiger partial charge in [-0.3, -0.25) is 10.2 Å². The monoisotopic (exact) mass is 324 g/mol. The number of amides is 1. The molecule has 1 aliphatic heterocycles. The average molecular weight is 324 g/mol. The maximum absolute atomic E-state index is 12.0. The van der Waals surface area contributed by atoms with Crippen molar-refractivity contribution in [1.29, 1.82) is 0 Å². The number of Topliss-reactive ketones (excluding diaryl/α,β-unsaturated/α-hetero) is 1. The van der Waals surface area contributed by atoms with Gasteiger partial charge in [-0.1, -0.05) is 31.2 Å². The molecule has 2 aromatic carbocycles. The van der Waals surface area contributed by atoms with Gasteiger partial charge in [0.05, 0.1) is 0 Å². The summed E-state index contributed by atoms with van der Waals surface area (Å²) in [5.41, 5.74) is 5.92. The van der Waals surface area contributed by atoms with E-state index >= 15 is 0 Å². The predicted octanol–water partition coefficient (Wildman–Crippen LogP) is 3.34. The molecule has 24 heavy (non-hydrogen) atoms. The first-order chi connectivity index (χ1) is 11.7. The quantitative estimate of drug-likeness (QED) is 0.876. The molecule has 0 radical (unpaired) electrons. The number of rotatable bonds is 4. The number of ether oxygens (including phenoxy) is 1. The number of benzene rings is 2. The summed E-state index contributed by atoms with van der Waals surface area (Å²) < 4.78 is 5.27. The van der Waals surface area contributed by atoms with Crippen LogP contribution in [0.5, 0.6) is 5.75 Å². The summed E-state index contributed by atoms with van der Waals surface area (Å²) in [4.78, 5) is 23.6. The van der Waals surface area contributed by atoms with Gasteiger partial charge in [0.15, 0.2) is 5.78 Å². The summed E-state index contributed by atoms with van der Waals surface area (Å²) >= 11 is 0. The third kappa shape index (κ3) is 3.81. The van der Waals surface area contributed by atoms with Crippen LogP contribution < -0.4 is 10.2 Å². The Balaban J connectivity index is 1.55. The van der Waals surface area contributed by atoms with Crippen molar-refractivity contribution in [2.24, 2.45) is 0 Å². The molecule has 1 N–H and O–H groups in total. The van der Waals surface area contributed by atoms with Gasteiger partial charge in [-0.15, -0.1) is 0 Å². The summed E-state index contributed by atoms with van der Waals surface area (Å²) in [6.07, 6.45) is 0.824. The molecule has 0 saturated carbocycles. The molecule has 0 fully saturated rings. The molecular weight excluding hydrogens is 304 g/mol. The Bertz CT molecular complexity index is 741. The maximum Gasteiger partial charge on any atom is 0.427 e. The first-order valence-electron chi connectivity index (χ1n) is 8.09. The number of ketones is 1. The van der Waals surface area contributed by atoms with E-state index in [1.807, 2.05) is 24.1 Å². The molecule has 0 bridgehead atoms. The fourth-order valence-electron chi connectivity index (χ4n) is 2.76. The molecular formula is C19H20N2O3. The third-order valence-corrected chi connectivity index (χ3v) is 4.09. The summed E-state index contributed by atoms with van der Waals surface area (Å²) in [5.74, 6) is 0.482. The van der Waals surface area contributed by atoms with E-state index < -0.39 is 6.09 Å². The lowest BCUT2D eigenvalue weighted by Crippen LogP contribution is -2.46. The lowest BCUT2D eigenvalue weighted by molar-refractivity contribution is 0.0988. The maximum atomic E-state index is 12.0. The second kappa shape index (κ2) is 7.27. The number of nitrogens with one attached hydrogen (secondary N) is 1. The zero-order valence-corrected chi connectivity index (χ0v) is 13.6. The van der Waals surface area contributed by atoms with Crippen molar-refractivity contribution in [3.05, 3.63) is 65.2 Å². The third-order valence-electron chi connectivity index (χ3n) is 4.09. The lowest BCUT2D eigenvalue weighted by atomic mass is 10.0. The lowest BCUT2D eigenvalue weighted by Gasteiger charge is -2.28. The van der Waals surface area contributed by atoms with Gasteiger partial charge in [0.2, 0.25) is 0 Å². The number of nitrogens with zero attached hydrogens (tertiary/aromatic N) is 1. The largest absolute Gasteiger partial charge is 0.427 e. The Hall–Kier alpha value is -2.66. The van der Waals surface area contributed by atoms with Crippen molar-refractivity contribution < 1.29 is 14.3 Å². The van der Waals surface area contributed by atoms with E-state index in [2.05, 4.69) is 17.6 Å². The minimum atomic E-state index is -0.524. The van der Waals surface area contributed by atoms with E-state index in [0.717, 1.165) is 13.0 Å². The minimum Gasteiger partial charge on any atom is -0.409 e. The van der Waals surface area contributed by atoms with Gasteiger partial charge in [-0.05, 0) is 41.8 Å². The molecule has 1 amide bonds. The Morgan fingerprint density at radius 1 is 1.08 bits per heavy atom. The molecule has 0 atom stereocenters. The zero-order valence-electron chi connectivity index (χ0n) is 13.6. The second-order valence-corrected chi connectivity index (χ2v) is 5.74. The number of hydrogen-bond acceptors (Lipinski definition) is 4. The Labute approximate surface area is 141 Å². The van der Waals surface area contributed by atoms with Crippen LogP contribution in [-0.4, -0.2) is 23.4 Å². The molecule has 1 aliphatic rings. The van der Waals surface area contributed by atoms with E-state index in [4.69, 9.17) is 4.74 Å². The van der Waals surface area contributed by atoms with E-state index in [1.54, 1.807) is 24.3 Å². The van der Waals surface area contributed by atoms with Crippen LogP contribution in [0.1, 0.15) is 34.8 Å². The fourth-order valence-corrected chi connectivity index (χ4v) is 2.76. The smallest absolute Gasteiger partial charge is 0.409 e. The van der Waals surface area contributed by atoms with Gasteiger partial charge in [0.1, 0.15) is 5.75 Å². The first-order valence-corrected chi connectivity index (χ1v) is 8.09. The number of carbonyl (C=O) groups is 2. The highest BCUT2D eigenvalue weighted by Gasteiger charge is 2.18. The van der Waals surface area contributed by atoms with Gasteiger partial charge in [-0.25, -0.2) is 9.80 Å². The van der Waals surface area contributed by atoms with Crippen molar-refractivity contribution in [2.45, 2.75) is 26.3 Å². The van der Waals surface area contributed by atoms with Crippen LogP contribution in [0.2, 0.25) is 0 Å². The molecule has 2 aromatic rings. The molecule has 5 heteroatoms. The molecule has 0 saturated heterocycles. The Morgan fingerprint density at radius 3 is 2.50 bits per heavy atom. The van der Waals surface area contributed by atoms with Crippen LogP contribution in [0, 0.1) is 0 Å². The number of carbonyl (C=O) groups excluding carboxylic acids is 2. The predicted molar refractivity (Wildman–Crippen MR) is 90.8 cm³/mol. The molecule has 0 unspecified atom stereocenters. The SMILES string of the molecule is CCC(=O)c1ccc(OC(=O)NN2CCc3ccccc3C2)cc1.